The van der Waals surface area contributed by atoms with Gasteiger partial charge in [0.15, 0.2) is 5.75 Å². The van der Waals surface area contributed by atoms with Gasteiger partial charge in [-0.25, -0.2) is 4.79 Å². The minimum absolute atomic E-state index is 0.0346. The fraction of sp³-hybridized carbons (Fsp3) is 0.400. The summed E-state index contributed by atoms with van der Waals surface area (Å²) in [6.07, 6.45) is -0.491. The van der Waals surface area contributed by atoms with Crippen LogP contribution in [-0.4, -0.2) is 33.2 Å². The van der Waals surface area contributed by atoms with Gasteiger partial charge in [0.1, 0.15) is 5.02 Å². The van der Waals surface area contributed by atoms with Crippen molar-refractivity contribution in [3.63, 3.8) is 0 Å². The van der Waals surface area contributed by atoms with Gasteiger partial charge in [0.2, 0.25) is 0 Å². The van der Waals surface area contributed by atoms with Crippen LogP contribution in [0.2, 0.25) is 5.02 Å². The van der Waals surface area contributed by atoms with Crippen molar-refractivity contribution in [1.29, 1.82) is 0 Å². The highest BCUT2D eigenvalue weighted by atomic mass is 79.9. The molecule has 1 N–H and O–H groups in total. The third kappa shape index (κ3) is 4.81. The van der Waals surface area contributed by atoms with E-state index in [0.717, 1.165) is 10.0 Å². The van der Waals surface area contributed by atoms with Gasteiger partial charge in [0.25, 0.3) is 0 Å². The minimum Gasteiger partial charge on any atom is -0.408 e. The molecule has 0 fully saturated rings. The molecule has 0 aliphatic carbocycles. The summed E-state index contributed by atoms with van der Waals surface area (Å²) in [4.78, 5) is 18.9. The summed E-state index contributed by atoms with van der Waals surface area (Å²) in [5.41, 5.74) is 2.34. The van der Waals surface area contributed by atoms with E-state index in [1.165, 1.54) is 0 Å². The molecule has 2 aromatic rings. The second kappa shape index (κ2) is 9.04. The second-order valence-corrected chi connectivity index (χ2v) is 8.08. The Hall–Kier alpha value is -1.63. The fourth-order valence-corrected chi connectivity index (χ4v) is 3.53. The molecule has 0 spiro atoms. The van der Waals surface area contributed by atoms with Gasteiger partial charge >= 0.3 is 6.09 Å². The smallest absolute Gasteiger partial charge is 0.408 e. The Labute approximate surface area is 173 Å². The van der Waals surface area contributed by atoms with Gasteiger partial charge in [-0.15, -0.1) is 0 Å². The van der Waals surface area contributed by atoms with Gasteiger partial charge < -0.3 is 14.7 Å². The Bertz CT molecular complexity index is 815. The number of nitrogens with zero attached hydrogens (tertiary/aromatic N) is 2. The second-order valence-electron chi connectivity index (χ2n) is 6.79. The molecule has 0 radical (unpaired) electrons. The molecule has 0 atom stereocenters. The number of benzene rings is 1. The van der Waals surface area contributed by atoms with Crippen molar-refractivity contribution < 1.29 is 14.6 Å². The lowest BCUT2D eigenvalue weighted by atomic mass is 10.0. The molecule has 5 nitrogen and oxygen atoms in total. The number of aromatic nitrogens is 1. The maximum absolute atomic E-state index is 12.9. The van der Waals surface area contributed by atoms with E-state index in [9.17, 15) is 9.90 Å². The topological polar surface area (TPSA) is 62.7 Å². The lowest BCUT2D eigenvalue weighted by Gasteiger charge is -2.30. The van der Waals surface area contributed by atoms with Crippen molar-refractivity contribution >= 4 is 33.6 Å². The van der Waals surface area contributed by atoms with Crippen LogP contribution in [0.1, 0.15) is 39.1 Å². The Morgan fingerprint density at radius 2 is 1.78 bits per heavy atom. The van der Waals surface area contributed by atoms with Crippen molar-refractivity contribution in [2.45, 2.75) is 53.3 Å². The predicted molar refractivity (Wildman–Crippen MR) is 111 cm³/mol. The monoisotopic (exact) mass is 454 g/mol. The Kier molecular flexibility index (Phi) is 7.25. The molecule has 0 aliphatic heterocycles. The number of hydrogen-bond donors (Lipinski definition) is 1. The minimum atomic E-state index is -0.491. The van der Waals surface area contributed by atoms with Crippen molar-refractivity contribution in [1.82, 2.24) is 9.88 Å². The number of carbonyl (C=O) groups excluding carboxylic acids is 1. The highest BCUT2D eigenvalue weighted by molar-refractivity contribution is 9.10. The van der Waals surface area contributed by atoms with E-state index in [4.69, 9.17) is 16.3 Å². The molecule has 0 bridgehead atoms. The fourth-order valence-electron chi connectivity index (χ4n) is 3.03. The molecular formula is C20H24BrClN2O3. The number of aliphatic hydroxyl groups excluding tert-OH is 1. The van der Waals surface area contributed by atoms with E-state index < -0.39 is 6.09 Å². The van der Waals surface area contributed by atoms with E-state index in [-0.39, 0.29) is 35.2 Å². The van der Waals surface area contributed by atoms with Crippen LogP contribution in [0.4, 0.5) is 4.79 Å². The normalized spacial score (nSPS) is 11.2. The number of pyridine rings is 1. The number of aryl methyl sites for hydroxylation is 1. The van der Waals surface area contributed by atoms with Crippen LogP contribution in [-0.2, 0) is 6.61 Å². The van der Waals surface area contributed by atoms with Crippen LogP contribution in [0, 0.1) is 6.92 Å². The molecule has 0 unspecified atom stereocenters. The van der Waals surface area contributed by atoms with Crippen LogP contribution in [0.3, 0.4) is 0 Å². The van der Waals surface area contributed by atoms with Crippen LogP contribution in [0.25, 0.3) is 11.1 Å². The highest BCUT2D eigenvalue weighted by Gasteiger charge is 2.27. The first kappa shape index (κ1) is 21.7. The maximum atomic E-state index is 12.9. The van der Waals surface area contributed by atoms with Gasteiger partial charge in [0.05, 0.1) is 12.3 Å². The standard InChI is InChI=1S/C20H24BrClN2O3/c1-11(2)24(12(3)4)20(26)27-19-17(14-6-8-15(21)9-7-14)13(5)23-16(10-25)18(19)22/h6-9,11-12,25H,10H2,1-5H3. The summed E-state index contributed by atoms with van der Waals surface area (Å²) in [5, 5.41) is 9.72. The zero-order valence-corrected chi connectivity index (χ0v) is 18.4. The number of hydrogen-bond acceptors (Lipinski definition) is 4. The van der Waals surface area contributed by atoms with Gasteiger partial charge in [-0.05, 0) is 52.3 Å². The maximum Gasteiger partial charge on any atom is 0.415 e. The Morgan fingerprint density at radius 1 is 1.22 bits per heavy atom. The third-order valence-corrected chi connectivity index (χ3v) is 5.06. The van der Waals surface area contributed by atoms with Gasteiger partial charge in [-0.3, -0.25) is 4.98 Å². The lowest BCUT2D eigenvalue weighted by Crippen LogP contribution is -2.43. The molecular weight excluding hydrogens is 432 g/mol. The average molecular weight is 456 g/mol. The number of aliphatic hydroxyl groups is 1. The largest absolute Gasteiger partial charge is 0.415 e. The van der Waals surface area contributed by atoms with Crippen LogP contribution < -0.4 is 4.74 Å². The summed E-state index contributed by atoms with van der Waals surface area (Å²) in [7, 11) is 0. The summed E-state index contributed by atoms with van der Waals surface area (Å²) in [6.45, 7) is 9.16. The van der Waals surface area contributed by atoms with Gasteiger partial charge in [0, 0.05) is 27.8 Å². The quantitative estimate of drug-likeness (QED) is 0.639. The van der Waals surface area contributed by atoms with Gasteiger partial charge in [-0.2, -0.15) is 0 Å². The van der Waals surface area contributed by atoms with Crippen molar-refractivity contribution in [2.24, 2.45) is 0 Å². The van der Waals surface area contributed by atoms with E-state index in [1.807, 2.05) is 52.0 Å². The number of rotatable bonds is 5. The molecule has 146 valence electrons. The molecule has 1 amide bonds. The van der Waals surface area contributed by atoms with Crippen LogP contribution in [0.15, 0.2) is 28.7 Å². The molecule has 7 heteroatoms. The Morgan fingerprint density at radius 3 is 2.26 bits per heavy atom. The molecule has 27 heavy (non-hydrogen) atoms. The zero-order chi connectivity index (χ0) is 20.3. The van der Waals surface area contributed by atoms with Crippen LogP contribution >= 0.6 is 27.5 Å². The number of amides is 1. The molecule has 2 rings (SSSR count). The van der Waals surface area contributed by atoms with E-state index in [1.54, 1.807) is 11.8 Å². The molecule has 0 saturated heterocycles. The molecule has 1 aromatic carbocycles. The van der Waals surface area contributed by atoms with E-state index in [2.05, 4.69) is 20.9 Å². The Balaban J connectivity index is 2.60. The summed E-state index contributed by atoms with van der Waals surface area (Å²) in [5.74, 6) is 0.215. The predicted octanol–water partition coefficient (Wildman–Crippen LogP) is 5.58. The first-order valence-electron chi connectivity index (χ1n) is 8.73. The number of carbonyl (C=O) groups is 1. The SMILES string of the molecule is Cc1nc(CO)c(Cl)c(OC(=O)N(C(C)C)C(C)C)c1-c1ccc(Br)cc1. The lowest BCUT2D eigenvalue weighted by molar-refractivity contribution is 0.123. The molecule has 1 aromatic heterocycles. The number of halogens is 2. The van der Waals surface area contributed by atoms with Gasteiger partial charge in [-0.1, -0.05) is 39.7 Å². The average Bonchev–Trinajstić information content (AvgIpc) is 2.58. The van der Waals surface area contributed by atoms with Crippen molar-refractivity contribution in [2.75, 3.05) is 0 Å². The summed E-state index contributed by atoms with van der Waals surface area (Å²) in [6, 6.07) is 7.50. The summed E-state index contributed by atoms with van der Waals surface area (Å²) < 4.78 is 6.69. The highest BCUT2D eigenvalue weighted by Crippen LogP contribution is 2.40. The molecule has 0 aliphatic rings. The first-order valence-corrected chi connectivity index (χ1v) is 9.90. The van der Waals surface area contributed by atoms with E-state index in [0.29, 0.717) is 11.3 Å². The van der Waals surface area contributed by atoms with Crippen molar-refractivity contribution in [3.05, 3.63) is 45.1 Å². The first-order chi connectivity index (χ1) is 12.7. The van der Waals surface area contributed by atoms with E-state index >= 15 is 0 Å². The molecule has 0 saturated carbocycles. The van der Waals surface area contributed by atoms with Crippen molar-refractivity contribution in [3.8, 4) is 16.9 Å². The molecule has 1 heterocycles. The third-order valence-electron chi connectivity index (χ3n) is 4.14. The van der Waals surface area contributed by atoms with Crippen LogP contribution in [0.5, 0.6) is 5.75 Å². The summed E-state index contributed by atoms with van der Waals surface area (Å²) >= 11 is 9.86. The number of ether oxygens (including phenoxy) is 1. The zero-order valence-electron chi connectivity index (χ0n) is 16.1.